The van der Waals surface area contributed by atoms with Crippen molar-refractivity contribution in [3.63, 3.8) is 0 Å². The van der Waals surface area contributed by atoms with Crippen LogP contribution in [0, 0.1) is 17.2 Å². The fraction of sp³-hybridized carbons (Fsp3) is 0.545. The Kier molecular flexibility index (Phi) is 6.60. The molecule has 0 unspecified atom stereocenters. The molecule has 0 aromatic heterocycles. The number of rotatable bonds is 6. The molecule has 2 aliphatic rings. The van der Waals surface area contributed by atoms with Gasteiger partial charge in [-0.15, -0.1) is 0 Å². The van der Waals surface area contributed by atoms with Crippen molar-refractivity contribution < 1.29 is 4.79 Å². The Morgan fingerprint density at radius 3 is 2.71 bits per heavy atom. The lowest BCUT2D eigenvalue weighted by Crippen LogP contribution is -2.46. The molecule has 2 heterocycles. The van der Waals surface area contributed by atoms with E-state index in [-0.39, 0.29) is 6.03 Å². The molecule has 6 nitrogen and oxygen atoms in total. The molecular formula is C22H33N5O. The monoisotopic (exact) mass is 383 g/mol. The summed E-state index contributed by atoms with van der Waals surface area (Å²) in [5.74, 6) is 1.11. The lowest BCUT2D eigenvalue weighted by molar-refractivity contribution is 0.170. The number of piperidine rings is 1. The summed E-state index contributed by atoms with van der Waals surface area (Å²) in [7, 11) is 0. The van der Waals surface area contributed by atoms with Crippen molar-refractivity contribution in [2.75, 3.05) is 37.6 Å². The maximum Gasteiger partial charge on any atom is 0.317 e. The molecule has 0 radical (unpaired) electrons. The molecule has 28 heavy (non-hydrogen) atoms. The third-order valence-corrected chi connectivity index (χ3v) is 5.78. The molecule has 4 N–H and O–H groups in total. The molecule has 0 saturated carbocycles. The summed E-state index contributed by atoms with van der Waals surface area (Å²) in [4.78, 5) is 16.7. The van der Waals surface area contributed by atoms with Gasteiger partial charge in [0, 0.05) is 56.4 Å². The topological polar surface area (TPSA) is 85.5 Å². The highest BCUT2D eigenvalue weighted by Gasteiger charge is 2.27. The van der Waals surface area contributed by atoms with Crippen LogP contribution in [0.2, 0.25) is 0 Å². The zero-order valence-corrected chi connectivity index (χ0v) is 17.1. The lowest BCUT2D eigenvalue weighted by atomic mass is 9.96. The van der Waals surface area contributed by atoms with Gasteiger partial charge in [0.25, 0.3) is 0 Å². The number of amides is 2. The first kappa shape index (κ1) is 20.2. The summed E-state index contributed by atoms with van der Waals surface area (Å²) in [6.45, 7) is 8.75. The Labute approximate surface area is 168 Å². The Hall–Kier alpha value is -2.50. The fourth-order valence-corrected chi connectivity index (χ4v) is 4.10. The Morgan fingerprint density at radius 1 is 1.32 bits per heavy atom. The highest BCUT2D eigenvalue weighted by atomic mass is 16.2. The van der Waals surface area contributed by atoms with Crippen LogP contribution < -0.4 is 16.0 Å². The predicted molar refractivity (Wildman–Crippen MR) is 116 cm³/mol. The van der Waals surface area contributed by atoms with Crippen molar-refractivity contribution in [2.45, 2.75) is 33.1 Å². The highest BCUT2D eigenvalue weighted by Crippen LogP contribution is 2.32. The number of benzene rings is 1. The van der Waals surface area contributed by atoms with Crippen LogP contribution in [0.25, 0.3) is 5.57 Å². The number of nitrogens with zero attached hydrogens (tertiary/aromatic N) is 2. The van der Waals surface area contributed by atoms with E-state index in [9.17, 15) is 4.79 Å². The minimum Gasteiger partial charge on any atom is -0.404 e. The molecule has 1 fully saturated rings. The predicted octanol–water partition coefficient (Wildman–Crippen LogP) is 3.08. The molecule has 3 rings (SSSR count). The quantitative estimate of drug-likeness (QED) is 0.660. The van der Waals surface area contributed by atoms with Crippen LogP contribution in [-0.2, 0) is 6.42 Å². The van der Waals surface area contributed by atoms with Crippen LogP contribution in [-0.4, -0.2) is 49.9 Å². The number of nitrogens with one attached hydrogen (secondary N) is 2. The average Bonchev–Trinajstić information content (AvgIpc) is 3.10. The standard InChI is InChI=1S/C22H33N5O/c1-16(2)14-25-22(28)26-8-5-17(6-9-26)15-27-10-7-19-11-18(3-4-21(19)27)20(12-23)13-24/h3-4,11-13,16-17,23H,5-10,14-15,24H2,1-2H3,(H,25,28)/b20-13+,23-12?. The first-order valence-electron chi connectivity index (χ1n) is 10.3. The number of anilines is 1. The number of allylic oxidation sites excluding steroid dienone is 1. The zero-order chi connectivity index (χ0) is 20.1. The normalized spacial score (nSPS) is 17.8. The average molecular weight is 384 g/mol. The van der Waals surface area contributed by atoms with E-state index < -0.39 is 0 Å². The van der Waals surface area contributed by atoms with Crippen LogP contribution in [0.3, 0.4) is 0 Å². The van der Waals surface area contributed by atoms with Gasteiger partial charge in [-0.05, 0) is 54.4 Å². The molecular weight excluding hydrogens is 350 g/mol. The van der Waals surface area contributed by atoms with E-state index in [1.54, 1.807) is 0 Å². The van der Waals surface area contributed by atoms with Gasteiger partial charge in [-0.25, -0.2) is 4.79 Å². The van der Waals surface area contributed by atoms with E-state index in [1.807, 2.05) is 4.90 Å². The van der Waals surface area contributed by atoms with Crippen molar-refractivity contribution >= 4 is 23.5 Å². The summed E-state index contributed by atoms with van der Waals surface area (Å²) in [5, 5.41) is 10.5. The van der Waals surface area contributed by atoms with Gasteiger partial charge in [-0.1, -0.05) is 19.9 Å². The third kappa shape index (κ3) is 4.66. The van der Waals surface area contributed by atoms with Crippen molar-refractivity contribution in [1.29, 1.82) is 5.41 Å². The molecule has 1 saturated heterocycles. The fourth-order valence-electron chi connectivity index (χ4n) is 4.10. The molecule has 0 atom stereocenters. The van der Waals surface area contributed by atoms with Crippen LogP contribution >= 0.6 is 0 Å². The Morgan fingerprint density at radius 2 is 2.07 bits per heavy atom. The SMILES string of the molecule is CC(C)CNC(=O)N1CCC(CN2CCc3cc(/C(C=N)=C/N)ccc32)CC1. The largest absolute Gasteiger partial charge is 0.404 e. The number of likely N-dealkylation sites (tertiary alicyclic amines) is 1. The molecule has 6 heteroatoms. The van der Waals surface area contributed by atoms with E-state index in [1.165, 1.54) is 23.7 Å². The van der Waals surface area contributed by atoms with E-state index in [2.05, 4.69) is 42.3 Å². The van der Waals surface area contributed by atoms with Gasteiger partial charge >= 0.3 is 6.03 Å². The number of carbonyl (C=O) groups excluding carboxylic acids is 1. The van der Waals surface area contributed by atoms with Gasteiger partial charge in [-0.2, -0.15) is 0 Å². The molecule has 0 aliphatic carbocycles. The smallest absolute Gasteiger partial charge is 0.317 e. The first-order valence-corrected chi connectivity index (χ1v) is 10.3. The van der Waals surface area contributed by atoms with Crippen LogP contribution in [0.5, 0.6) is 0 Å². The zero-order valence-electron chi connectivity index (χ0n) is 17.1. The number of hydrogen-bond donors (Lipinski definition) is 3. The lowest BCUT2D eigenvalue weighted by Gasteiger charge is -2.34. The second-order valence-electron chi connectivity index (χ2n) is 8.32. The molecule has 2 aliphatic heterocycles. The summed E-state index contributed by atoms with van der Waals surface area (Å²) in [5.41, 5.74) is 10.0. The van der Waals surface area contributed by atoms with Crippen LogP contribution in [0.1, 0.15) is 37.8 Å². The number of carbonyl (C=O) groups is 1. The molecule has 1 aromatic carbocycles. The number of nitrogens with two attached hydrogens (primary N) is 1. The number of hydrogen-bond acceptors (Lipinski definition) is 4. The minimum absolute atomic E-state index is 0.0844. The van der Waals surface area contributed by atoms with Gasteiger partial charge < -0.3 is 26.3 Å². The molecule has 1 aromatic rings. The van der Waals surface area contributed by atoms with Gasteiger partial charge in [0.15, 0.2) is 0 Å². The second-order valence-corrected chi connectivity index (χ2v) is 8.32. The summed E-state index contributed by atoms with van der Waals surface area (Å²) < 4.78 is 0. The molecule has 2 amide bonds. The van der Waals surface area contributed by atoms with Crippen molar-refractivity contribution in [1.82, 2.24) is 10.2 Å². The second kappa shape index (κ2) is 9.13. The third-order valence-electron chi connectivity index (χ3n) is 5.78. The van der Waals surface area contributed by atoms with Gasteiger partial charge in [-0.3, -0.25) is 0 Å². The van der Waals surface area contributed by atoms with Gasteiger partial charge in [0.2, 0.25) is 0 Å². The summed E-state index contributed by atoms with van der Waals surface area (Å²) >= 11 is 0. The highest BCUT2D eigenvalue weighted by molar-refractivity contribution is 6.08. The minimum atomic E-state index is 0.0844. The summed E-state index contributed by atoms with van der Waals surface area (Å²) in [6, 6.07) is 6.48. The Bertz CT molecular complexity index is 734. The molecule has 0 bridgehead atoms. The molecule has 152 valence electrons. The van der Waals surface area contributed by atoms with Crippen molar-refractivity contribution in [3.8, 4) is 0 Å². The van der Waals surface area contributed by atoms with Crippen molar-refractivity contribution in [3.05, 3.63) is 35.5 Å². The van der Waals surface area contributed by atoms with E-state index in [0.717, 1.165) is 63.1 Å². The van der Waals surface area contributed by atoms with E-state index >= 15 is 0 Å². The maximum atomic E-state index is 12.2. The summed E-state index contributed by atoms with van der Waals surface area (Å²) in [6.07, 6.45) is 5.96. The Balaban J connectivity index is 1.53. The van der Waals surface area contributed by atoms with E-state index in [0.29, 0.717) is 11.8 Å². The first-order chi connectivity index (χ1) is 13.5. The number of fused-ring (bicyclic) bond motifs is 1. The number of urea groups is 1. The van der Waals surface area contributed by atoms with Crippen LogP contribution in [0.15, 0.2) is 24.4 Å². The van der Waals surface area contributed by atoms with E-state index in [4.69, 9.17) is 11.1 Å². The van der Waals surface area contributed by atoms with Gasteiger partial charge in [0.05, 0.1) is 0 Å². The molecule has 0 spiro atoms. The maximum absolute atomic E-state index is 12.2. The van der Waals surface area contributed by atoms with Crippen molar-refractivity contribution in [2.24, 2.45) is 17.6 Å². The van der Waals surface area contributed by atoms with Gasteiger partial charge in [0.1, 0.15) is 0 Å². The van der Waals surface area contributed by atoms with Crippen LogP contribution in [0.4, 0.5) is 10.5 Å².